The maximum Gasteiger partial charge on any atom is 0.410 e. The lowest BCUT2D eigenvalue weighted by molar-refractivity contribution is -0.146. The van der Waals surface area contributed by atoms with Gasteiger partial charge in [0.1, 0.15) is 12.0 Å². The Labute approximate surface area is 154 Å². The van der Waals surface area contributed by atoms with Crippen LogP contribution < -0.4 is 0 Å². The Bertz CT molecular complexity index is 767. The summed E-state index contributed by atoms with van der Waals surface area (Å²) >= 11 is 7.06. The molecule has 1 aliphatic heterocycles. The first-order valence-electron chi connectivity index (χ1n) is 7.82. The number of halogens is 1. The highest BCUT2D eigenvalue weighted by molar-refractivity contribution is 7.14. The van der Waals surface area contributed by atoms with Gasteiger partial charge in [-0.15, -0.1) is 11.3 Å². The molecule has 1 fully saturated rings. The number of rotatable bonds is 4. The van der Waals surface area contributed by atoms with Gasteiger partial charge in [-0.3, -0.25) is 4.79 Å². The minimum absolute atomic E-state index is 0.0238. The van der Waals surface area contributed by atoms with Crippen LogP contribution in [0.2, 0.25) is 4.47 Å². The SMILES string of the molecule is O=C(OCc1ccccc1)N1CCCC(C(=O)O)(c2csc(Cl)n2)C1. The highest BCUT2D eigenvalue weighted by Crippen LogP contribution is 2.36. The summed E-state index contributed by atoms with van der Waals surface area (Å²) in [7, 11) is 0. The molecule has 1 aromatic carbocycles. The van der Waals surface area contributed by atoms with Crippen molar-refractivity contribution >= 4 is 35.0 Å². The van der Waals surface area contributed by atoms with Gasteiger partial charge in [0, 0.05) is 18.5 Å². The van der Waals surface area contributed by atoms with Crippen LogP contribution in [0, 0.1) is 0 Å². The summed E-state index contributed by atoms with van der Waals surface area (Å²) in [6, 6.07) is 9.35. The second kappa shape index (κ2) is 7.41. The van der Waals surface area contributed by atoms with Gasteiger partial charge in [-0.25, -0.2) is 9.78 Å². The summed E-state index contributed by atoms with van der Waals surface area (Å²) in [6.45, 7) is 0.634. The van der Waals surface area contributed by atoms with Gasteiger partial charge >= 0.3 is 12.1 Å². The molecule has 1 unspecified atom stereocenters. The number of aromatic nitrogens is 1. The van der Waals surface area contributed by atoms with Crippen molar-refractivity contribution in [1.29, 1.82) is 0 Å². The molecule has 1 N–H and O–H groups in total. The molecule has 0 radical (unpaired) electrons. The maximum absolute atomic E-state index is 12.4. The minimum Gasteiger partial charge on any atom is -0.480 e. The van der Waals surface area contributed by atoms with E-state index in [0.717, 1.165) is 5.56 Å². The number of piperidine rings is 1. The summed E-state index contributed by atoms with van der Waals surface area (Å²) in [5.41, 5.74) is 0.0346. The lowest BCUT2D eigenvalue weighted by Crippen LogP contribution is -2.53. The molecule has 0 saturated carbocycles. The first-order chi connectivity index (χ1) is 12.0. The monoisotopic (exact) mass is 380 g/mol. The van der Waals surface area contributed by atoms with Crippen molar-refractivity contribution in [2.45, 2.75) is 24.9 Å². The zero-order valence-corrected chi connectivity index (χ0v) is 14.9. The van der Waals surface area contributed by atoms with Gasteiger partial charge in [-0.2, -0.15) is 0 Å². The van der Waals surface area contributed by atoms with E-state index in [4.69, 9.17) is 16.3 Å². The topological polar surface area (TPSA) is 79.7 Å². The molecule has 1 amide bonds. The molecule has 1 saturated heterocycles. The normalized spacial score (nSPS) is 20.3. The third-order valence-electron chi connectivity index (χ3n) is 4.33. The van der Waals surface area contributed by atoms with E-state index in [0.29, 0.717) is 29.5 Å². The largest absolute Gasteiger partial charge is 0.480 e. The number of amides is 1. The molecule has 6 nitrogen and oxygen atoms in total. The number of ether oxygens (including phenoxy) is 1. The fourth-order valence-electron chi connectivity index (χ4n) is 2.99. The maximum atomic E-state index is 12.4. The van der Waals surface area contributed by atoms with Gasteiger partial charge < -0.3 is 14.7 Å². The van der Waals surface area contributed by atoms with E-state index in [2.05, 4.69) is 4.98 Å². The van der Waals surface area contributed by atoms with Crippen molar-refractivity contribution in [2.24, 2.45) is 0 Å². The van der Waals surface area contributed by atoms with E-state index < -0.39 is 17.5 Å². The molecule has 3 rings (SSSR count). The average molecular weight is 381 g/mol. The molecule has 25 heavy (non-hydrogen) atoms. The fourth-order valence-corrected chi connectivity index (χ4v) is 3.85. The standard InChI is InChI=1S/C17H17ClN2O4S/c18-15-19-13(10-25-15)17(14(21)22)7-4-8-20(11-17)16(23)24-9-12-5-2-1-3-6-12/h1-3,5-6,10H,4,7-9,11H2,(H,21,22). The molecule has 2 heterocycles. The van der Waals surface area contributed by atoms with Crippen LogP contribution in [-0.4, -0.2) is 40.1 Å². The van der Waals surface area contributed by atoms with Crippen LogP contribution in [0.5, 0.6) is 0 Å². The van der Waals surface area contributed by atoms with Crippen LogP contribution >= 0.6 is 22.9 Å². The zero-order valence-electron chi connectivity index (χ0n) is 13.4. The van der Waals surface area contributed by atoms with Crippen molar-refractivity contribution < 1.29 is 19.4 Å². The van der Waals surface area contributed by atoms with E-state index in [1.54, 1.807) is 5.38 Å². The number of benzene rings is 1. The van der Waals surface area contributed by atoms with Crippen LogP contribution in [0.15, 0.2) is 35.7 Å². The molecule has 1 aromatic heterocycles. The first kappa shape index (κ1) is 17.7. The molecule has 2 aromatic rings. The summed E-state index contributed by atoms with van der Waals surface area (Å²) in [5, 5.41) is 11.4. The molecule has 1 aliphatic rings. The Hall–Kier alpha value is -2.12. The predicted molar refractivity (Wildman–Crippen MR) is 93.9 cm³/mol. The summed E-state index contributed by atoms with van der Waals surface area (Å²) in [5.74, 6) is -1.00. The predicted octanol–water partition coefficient (Wildman–Crippen LogP) is 3.55. The van der Waals surface area contributed by atoms with Gasteiger partial charge in [0.2, 0.25) is 0 Å². The van der Waals surface area contributed by atoms with E-state index in [1.807, 2.05) is 30.3 Å². The average Bonchev–Trinajstić information content (AvgIpc) is 3.07. The Morgan fingerprint density at radius 2 is 2.12 bits per heavy atom. The molecular weight excluding hydrogens is 364 g/mol. The summed E-state index contributed by atoms with van der Waals surface area (Å²) in [6.07, 6.45) is 0.447. The molecule has 132 valence electrons. The van der Waals surface area contributed by atoms with Gasteiger partial charge in [-0.1, -0.05) is 41.9 Å². The number of nitrogens with zero attached hydrogens (tertiary/aromatic N) is 2. The van der Waals surface area contributed by atoms with E-state index in [-0.39, 0.29) is 13.2 Å². The van der Waals surface area contributed by atoms with Crippen molar-refractivity contribution in [2.75, 3.05) is 13.1 Å². The summed E-state index contributed by atoms with van der Waals surface area (Å²) in [4.78, 5) is 29.9. The van der Waals surface area contributed by atoms with Crippen LogP contribution in [0.3, 0.4) is 0 Å². The highest BCUT2D eigenvalue weighted by atomic mass is 35.5. The van der Waals surface area contributed by atoms with Crippen molar-refractivity contribution in [3.05, 3.63) is 51.4 Å². The number of thiazole rings is 1. The summed E-state index contributed by atoms with van der Waals surface area (Å²) < 4.78 is 5.62. The number of hydrogen-bond acceptors (Lipinski definition) is 5. The third-order valence-corrected chi connectivity index (χ3v) is 5.31. The fraction of sp³-hybridized carbons (Fsp3) is 0.353. The molecular formula is C17H17ClN2O4S. The lowest BCUT2D eigenvalue weighted by Gasteiger charge is -2.38. The Kier molecular flexibility index (Phi) is 5.24. The molecule has 0 bridgehead atoms. The zero-order chi connectivity index (χ0) is 17.9. The van der Waals surface area contributed by atoms with E-state index in [9.17, 15) is 14.7 Å². The molecule has 8 heteroatoms. The molecule has 1 atom stereocenters. The van der Waals surface area contributed by atoms with Gasteiger partial charge in [0.15, 0.2) is 4.47 Å². The molecule has 0 aliphatic carbocycles. The van der Waals surface area contributed by atoms with Crippen molar-refractivity contribution in [3.8, 4) is 0 Å². The molecule has 0 spiro atoms. The number of hydrogen-bond donors (Lipinski definition) is 1. The Morgan fingerprint density at radius 1 is 1.36 bits per heavy atom. The lowest BCUT2D eigenvalue weighted by atomic mass is 9.77. The smallest absolute Gasteiger partial charge is 0.410 e. The van der Waals surface area contributed by atoms with Crippen LogP contribution in [-0.2, 0) is 21.6 Å². The number of carboxylic acids is 1. The van der Waals surface area contributed by atoms with Crippen LogP contribution in [0.1, 0.15) is 24.1 Å². The van der Waals surface area contributed by atoms with Crippen LogP contribution in [0.25, 0.3) is 0 Å². The number of carbonyl (C=O) groups excluding carboxylic acids is 1. The first-order valence-corrected chi connectivity index (χ1v) is 9.07. The number of aliphatic carboxylic acids is 1. The minimum atomic E-state index is -1.24. The second-order valence-corrected chi connectivity index (χ2v) is 7.38. The second-order valence-electron chi connectivity index (χ2n) is 5.94. The number of likely N-dealkylation sites (tertiary alicyclic amines) is 1. The number of carboxylic acid groups (broad SMARTS) is 1. The van der Waals surface area contributed by atoms with Crippen LogP contribution in [0.4, 0.5) is 4.79 Å². The van der Waals surface area contributed by atoms with Gasteiger partial charge in [0.05, 0.1) is 5.69 Å². The van der Waals surface area contributed by atoms with Gasteiger partial charge in [-0.05, 0) is 18.4 Å². The van der Waals surface area contributed by atoms with Gasteiger partial charge in [0.25, 0.3) is 0 Å². The van der Waals surface area contributed by atoms with E-state index >= 15 is 0 Å². The Balaban J connectivity index is 1.72. The van der Waals surface area contributed by atoms with Crippen molar-refractivity contribution in [3.63, 3.8) is 0 Å². The van der Waals surface area contributed by atoms with Crippen molar-refractivity contribution in [1.82, 2.24) is 9.88 Å². The number of carbonyl (C=O) groups is 2. The Morgan fingerprint density at radius 3 is 2.76 bits per heavy atom. The third kappa shape index (κ3) is 3.77. The quantitative estimate of drug-likeness (QED) is 0.877. The van der Waals surface area contributed by atoms with E-state index in [1.165, 1.54) is 16.2 Å². The highest BCUT2D eigenvalue weighted by Gasteiger charge is 2.47.